The topological polar surface area (TPSA) is 44.8 Å². The molecule has 0 aromatic heterocycles. The maximum atomic E-state index is 12.5. The molecule has 0 saturated carbocycles. The van der Waals surface area contributed by atoms with Crippen molar-refractivity contribution in [3.8, 4) is 5.75 Å². The van der Waals surface area contributed by atoms with Crippen molar-refractivity contribution in [3.05, 3.63) is 53.1 Å². The Bertz CT molecular complexity index is 773. The summed E-state index contributed by atoms with van der Waals surface area (Å²) in [5.74, 6) is 0.499. The standard InChI is InChI=1S/C20H24ClN3O2/c1-3-26-17-6-4-5-15(13-17)20(25)22-16-7-8-19(18(21)14-16)24-11-9-23(2)10-12-24/h4-8,13-14H,3,9-12H2,1-2H3,(H,22,25). The molecule has 3 rings (SSSR count). The van der Waals surface area contributed by atoms with E-state index in [0.29, 0.717) is 28.6 Å². The highest BCUT2D eigenvalue weighted by Crippen LogP contribution is 2.30. The van der Waals surface area contributed by atoms with Crippen molar-refractivity contribution in [3.63, 3.8) is 0 Å². The van der Waals surface area contributed by atoms with E-state index in [0.717, 1.165) is 31.9 Å². The summed E-state index contributed by atoms with van der Waals surface area (Å²) in [5, 5.41) is 3.55. The van der Waals surface area contributed by atoms with Gasteiger partial charge >= 0.3 is 0 Å². The minimum atomic E-state index is -0.185. The van der Waals surface area contributed by atoms with Gasteiger partial charge in [-0.15, -0.1) is 0 Å². The van der Waals surface area contributed by atoms with E-state index in [1.165, 1.54) is 0 Å². The number of nitrogens with one attached hydrogen (secondary N) is 1. The van der Waals surface area contributed by atoms with Crippen molar-refractivity contribution in [2.24, 2.45) is 0 Å². The molecule has 0 aliphatic carbocycles. The molecule has 6 heteroatoms. The largest absolute Gasteiger partial charge is 0.494 e. The molecule has 2 aromatic carbocycles. The summed E-state index contributed by atoms with van der Waals surface area (Å²) in [6.07, 6.45) is 0. The molecule has 1 aliphatic rings. The molecule has 0 radical (unpaired) electrons. The molecule has 1 amide bonds. The van der Waals surface area contributed by atoms with E-state index in [1.54, 1.807) is 18.2 Å². The van der Waals surface area contributed by atoms with Gasteiger partial charge in [-0.1, -0.05) is 17.7 Å². The van der Waals surface area contributed by atoms with Crippen molar-refractivity contribution in [2.45, 2.75) is 6.92 Å². The molecule has 1 saturated heterocycles. The lowest BCUT2D eigenvalue weighted by atomic mass is 10.2. The third-order valence-corrected chi connectivity index (χ3v) is 4.76. The number of hydrogen-bond acceptors (Lipinski definition) is 4. The van der Waals surface area contributed by atoms with Gasteiger partial charge in [-0.05, 0) is 50.4 Å². The average molecular weight is 374 g/mol. The fraction of sp³-hybridized carbons (Fsp3) is 0.350. The van der Waals surface area contributed by atoms with E-state index < -0.39 is 0 Å². The third kappa shape index (κ3) is 4.48. The summed E-state index contributed by atoms with van der Waals surface area (Å²) in [6, 6.07) is 12.8. The molecule has 1 heterocycles. The van der Waals surface area contributed by atoms with Crippen LogP contribution in [0.25, 0.3) is 0 Å². The van der Waals surface area contributed by atoms with Crippen LogP contribution in [0.5, 0.6) is 5.75 Å². The second-order valence-corrected chi connectivity index (χ2v) is 6.78. The molecule has 26 heavy (non-hydrogen) atoms. The highest BCUT2D eigenvalue weighted by atomic mass is 35.5. The molecule has 0 spiro atoms. The normalized spacial score (nSPS) is 15.0. The van der Waals surface area contributed by atoms with Gasteiger partial charge in [0.25, 0.3) is 5.91 Å². The van der Waals surface area contributed by atoms with Crippen LogP contribution in [0.1, 0.15) is 17.3 Å². The molecule has 2 aromatic rings. The number of anilines is 2. The molecule has 138 valence electrons. The van der Waals surface area contributed by atoms with Gasteiger partial charge in [0.2, 0.25) is 0 Å². The quantitative estimate of drug-likeness (QED) is 0.867. The predicted molar refractivity (Wildman–Crippen MR) is 107 cm³/mol. The Balaban J connectivity index is 1.69. The van der Waals surface area contributed by atoms with E-state index in [4.69, 9.17) is 16.3 Å². The minimum Gasteiger partial charge on any atom is -0.494 e. The highest BCUT2D eigenvalue weighted by molar-refractivity contribution is 6.33. The lowest BCUT2D eigenvalue weighted by Crippen LogP contribution is -2.44. The number of carbonyl (C=O) groups is 1. The first-order chi connectivity index (χ1) is 12.6. The molecular weight excluding hydrogens is 350 g/mol. The Kier molecular flexibility index (Phi) is 6.01. The van der Waals surface area contributed by atoms with Gasteiger partial charge in [0.15, 0.2) is 0 Å². The van der Waals surface area contributed by atoms with Crippen LogP contribution in [0, 0.1) is 0 Å². The zero-order valence-electron chi connectivity index (χ0n) is 15.2. The van der Waals surface area contributed by atoms with Gasteiger partial charge < -0.3 is 19.9 Å². The summed E-state index contributed by atoms with van der Waals surface area (Å²) in [5.41, 5.74) is 2.24. The number of carbonyl (C=O) groups excluding carboxylic acids is 1. The number of nitrogens with zero attached hydrogens (tertiary/aromatic N) is 2. The van der Waals surface area contributed by atoms with Gasteiger partial charge in [-0.25, -0.2) is 0 Å². The second kappa shape index (κ2) is 8.43. The zero-order chi connectivity index (χ0) is 18.5. The monoisotopic (exact) mass is 373 g/mol. The maximum absolute atomic E-state index is 12.5. The fourth-order valence-electron chi connectivity index (χ4n) is 2.99. The Hall–Kier alpha value is -2.24. The fourth-order valence-corrected chi connectivity index (χ4v) is 3.29. The molecule has 0 unspecified atom stereocenters. The smallest absolute Gasteiger partial charge is 0.255 e. The highest BCUT2D eigenvalue weighted by Gasteiger charge is 2.17. The number of piperazine rings is 1. The number of amides is 1. The van der Waals surface area contributed by atoms with Crippen molar-refractivity contribution in [1.29, 1.82) is 0 Å². The Morgan fingerprint density at radius 2 is 1.92 bits per heavy atom. The first kappa shape index (κ1) is 18.5. The Morgan fingerprint density at radius 1 is 1.15 bits per heavy atom. The lowest BCUT2D eigenvalue weighted by Gasteiger charge is -2.34. The molecule has 5 nitrogen and oxygen atoms in total. The molecule has 0 bridgehead atoms. The van der Waals surface area contributed by atoms with Crippen LogP contribution in [0.4, 0.5) is 11.4 Å². The van der Waals surface area contributed by atoms with Gasteiger partial charge in [0.05, 0.1) is 17.3 Å². The molecule has 1 aliphatic heterocycles. The summed E-state index contributed by atoms with van der Waals surface area (Å²) in [4.78, 5) is 17.1. The first-order valence-corrected chi connectivity index (χ1v) is 9.22. The third-order valence-electron chi connectivity index (χ3n) is 4.46. The minimum absolute atomic E-state index is 0.185. The van der Waals surface area contributed by atoms with Crippen LogP contribution in [-0.2, 0) is 0 Å². The van der Waals surface area contributed by atoms with Crippen molar-refractivity contribution >= 4 is 28.9 Å². The lowest BCUT2D eigenvalue weighted by molar-refractivity contribution is 0.102. The van der Waals surface area contributed by atoms with E-state index in [-0.39, 0.29) is 5.91 Å². The van der Waals surface area contributed by atoms with Crippen molar-refractivity contribution < 1.29 is 9.53 Å². The van der Waals surface area contributed by atoms with Crippen LogP contribution in [0.3, 0.4) is 0 Å². The average Bonchev–Trinajstić information content (AvgIpc) is 2.63. The van der Waals surface area contributed by atoms with E-state index in [2.05, 4.69) is 22.2 Å². The van der Waals surface area contributed by atoms with Gasteiger partial charge in [0, 0.05) is 37.4 Å². The van der Waals surface area contributed by atoms with Gasteiger partial charge in [-0.2, -0.15) is 0 Å². The van der Waals surface area contributed by atoms with Crippen molar-refractivity contribution in [1.82, 2.24) is 4.90 Å². The molecule has 1 fully saturated rings. The van der Waals surface area contributed by atoms with Crippen LogP contribution in [0.15, 0.2) is 42.5 Å². The number of rotatable bonds is 5. The van der Waals surface area contributed by atoms with Crippen LogP contribution in [0.2, 0.25) is 5.02 Å². The van der Waals surface area contributed by atoms with Crippen LogP contribution >= 0.6 is 11.6 Å². The maximum Gasteiger partial charge on any atom is 0.255 e. The predicted octanol–water partition coefficient (Wildman–Crippen LogP) is 3.74. The Labute approximate surface area is 159 Å². The first-order valence-electron chi connectivity index (χ1n) is 8.84. The number of likely N-dealkylation sites (N-methyl/N-ethyl adjacent to an activating group) is 1. The number of ether oxygens (including phenoxy) is 1. The van der Waals surface area contributed by atoms with E-state index in [1.807, 2.05) is 31.2 Å². The van der Waals surface area contributed by atoms with Gasteiger partial charge in [-0.3, -0.25) is 4.79 Å². The number of halogens is 1. The summed E-state index contributed by atoms with van der Waals surface area (Å²) < 4.78 is 5.45. The SMILES string of the molecule is CCOc1cccc(C(=O)Nc2ccc(N3CCN(C)CC3)c(Cl)c2)c1. The molecular formula is C20H24ClN3O2. The van der Waals surface area contributed by atoms with E-state index >= 15 is 0 Å². The number of hydrogen-bond donors (Lipinski definition) is 1. The Morgan fingerprint density at radius 3 is 2.62 bits per heavy atom. The molecule has 1 N–H and O–H groups in total. The van der Waals surface area contributed by atoms with Crippen LogP contribution in [-0.4, -0.2) is 50.6 Å². The zero-order valence-corrected chi connectivity index (χ0v) is 15.9. The van der Waals surface area contributed by atoms with E-state index in [9.17, 15) is 4.79 Å². The summed E-state index contributed by atoms with van der Waals surface area (Å²) in [7, 11) is 2.12. The van der Waals surface area contributed by atoms with Crippen LogP contribution < -0.4 is 15.0 Å². The summed E-state index contributed by atoms with van der Waals surface area (Å²) >= 11 is 6.47. The summed E-state index contributed by atoms with van der Waals surface area (Å²) in [6.45, 7) is 6.42. The molecule has 0 atom stereocenters. The van der Waals surface area contributed by atoms with Crippen molar-refractivity contribution in [2.75, 3.05) is 50.1 Å². The second-order valence-electron chi connectivity index (χ2n) is 6.37. The number of benzene rings is 2. The van der Waals surface area contributed by atoms with Gasteiger partial charge in [0.1, 0.15) is 5.75 Å².